The van der Waals surface area contributed by atoms with Crippen LogP contribution in [0.4, 0.5) is 0 Å². The molecule has 0 spiro atoms. The van der Waals surface area contributed by atoms with Crippen LogP contribution >= 0.6 is 0 Å². The Kier molecular flexibility index (Phi) is 4.95. The van der Waals surface area contributed by atoms with Gasteiger partial charge in [-0.3, -0.25) is 0 Å². The molecule has 0 unspecified atom stereocenters. The zero-order valence-corrected chi connectivity index (χ0v) is 12.8. The molecule has 0 bridgehead atoms. The van der Waals surface area contributed by atoms with E-state index in [1.54, 1.807) is 0 Å². The van der Waals surface area contributed by atoms with Crippen molar-refractivity contribution < 1.29 is 24.1 Å². The second kappa shape index (κ2) is 6.02. The molecule has 1 rings (SSSR count). The van der Waals surface area contributed by atoms with Crippen LogP contribution in [0.2, 0.25) is 0 Å². The summed E-state index contributed by atoms with van der Waals surface area (Å²) in [4.78, 5) is 22.7. The van der Waals surface area contributed by atoms with Crippen molar-refractivity contribution in [1.82, 2.24) is 0 Å². The van der Waals surface area contributed by atoms with Crippen molar-refractivity contribution in [3.8, 4) is 5.75 Å². The quantitative estimate of drug-likeness (QED) is 0.529. The summed E-state index contributed by atoms with van der Waals surface area (Å²) in [6.45, 7) is 7.48. The molecular formula is C13H14O3W. The summed E-state index contributed by atoms with van der Waals surface area (Å²) < 4.78 is 7.28. The molecule has 0 aliphatic heterocycles. The van der Waals surface area contributed by atoms with Crippen molar-refractivity contribution in [3.63, 3.8) is 0 Å². The van der Waals surface area contributed by atoms with Crippen LogP contribution < -0.4 is 15.6 Å². The second-order valence-corrected chi connectivity index (χ2v) is 4.94. The first-order chi connectivity index (χ1) is 7.97. The molecule has 1 aromatic carbocycles. The molecule has 0 amide bonds. The Hall–Kier alpha value is -1.08. The van der Waals surface area contributed by atoms with Crippen LogP contribution in [-0.4, -0.2) is 10.5 Å². The molecule has 0 fully saturated rings. The third kappa shape index (κ3) is 3.44. The molecule has 17 heavy (non-hydrogen) atoms. The monoisotopic (exact) mass is 402 g/mol. The topological polar surface area (TPSA) is 43.4 Å². The van der Waals surface area contributed by atoms with E-state index in [0.29, 0.717) is 12.0 Å². The van der Waals surface area contributed by atoms with Crippen LogP contribution in [-0.2, 0) is 25.8 Å². The third-order valence-electron chi connectivity index (χ3n) is 2.13. The average molecular weight is 402 g/mol. The summed E-state index contributed by atoms with van der Waals surface area (Å²) in [5, 5.41) is 0. The van der Waals surface area contributed by atoms with Crippen LogP contribution in [0.1, 0.15) is 19.4 Å². The summed E-state index contributed by atoms with van der Waals surface area (Å²) >= 11 is 1.35. The Morgan fingerprint density at radius 3 is 2.59 bits per heavy atom. The Morgan fingerprint density at radius 1 is 1.41 bits per heavy atom. The first-order valence-electron chi connectivity index (χ1n) is 5.25. The number of rotatable bonds is 6. The predicted molar refractivity (Wildman–Crippen MR) is 65.2 cm³/mol. The predicted octanol–water partition coefficient (Wildman–Crippen LogP) is 1.07. The molecule has 4 heteroatoms. The molecule has 0 aliphatic rings. The maximum atomic E-state index is 11.4. The van der Waals surface area contributed by atoms with Gasteiger partial charge in [-0.25, -0.2) is 0 Å². The minimum atomic E-state index is -0.517. The Labute approximate surface area is 111 Å². The van der Waals surface area contributed by atoms with Gasteiger partial charge in [0.05, 0.1) is 0 Å². The van der Waals surface area contributed by atoms with Crippen LogP contribution in [0.15, 0.2) is 33.9 Å². The summed E-state index contributed by atoms with van der Waals surface area (Å²) in [7, 11) is 0. The van der Waals surface area contributed by atoms with Gasteiger partial charge in [0.2, 0.25) is 0 Å². The fourth-order valence-corrected chi connectivity index (χ4v) is 1.68. The van der Waals surface area contributed by atoms with E-state index in [2.05, 4.69) is 6.58 Å². The van der Waals surface area contributed by atoms with Crippen LogP contribution in [0, 0.1) is 0 Å². The van der Waals surface area contributed by atoms with E-state index in [1.807, 2.05) is 30.4 Å². The van der Waals surface area contributed by atoms with E-state index >= 15 is 0 Å². The molecule has 0 heterocycles. The SMILES string of the molecule is C=C(/C=C\[CH]=[W])Cc1c(OC(C)C)c(=O)c1=O. The molecule has 0 aliphatic carbocycles. The van der Waals surface area contributed by atoms with Gasteiger partial charge in [-0.2, -0.15) is 0 Å². The molecule has 90 valence electrons. The summed E-state index contributed by atoms with van der Waals surface area (Å²) in [5.41, 5.74) is 0.281. The average Bonchev–Trinajstić information content (AvgIpc) is 2.30. The number of hydrogen-bond acceptors (Lipinski definition) is 3. The summed E-state index contributed by atoms with van der Waals surface area (Å²) in [5.74, 6) is 0.214. The first-order valence-corrected chi connectivity index (χ1v) is 6.95. The minimum absolute atomic E-state index is 0.103. The van der Waals surface area contributed by atoms with E-state index in [1.165, 1.54) is 19.4 Å². The van der Waals surface area contributed by atoms with Gasteiger partial charge in [0.1, 0.15) is 0 Å². The zero-order chi connectivity index (χ0) is 13.0. The molecule has 1 aromatic rings. The van der Waals surface area contributed by atoms with Crippen molar-refractivity contribution >= 4 is 4.40 Å². The number of allylic oxidation sites excluding steroid dienone is 3. The van der Waals surface area contributed by atoms with Gasteiger partial charge in [0.25, 0.3) is 0 Å². The van der Waals surface area contributed by atoms with Gasteiger partial charge in [0, 0.05) is 0 Å². The van der Waals surface area contributed by atoms with E-state index in [9.17, 15) is 9.59 Å². The standard InChI is InChI=1S/C13H14O3.W/c1-5-6-9(4)7-10-11(14)12(15)13(10)16-8(2)3;/h1,5-6,8H,4,7H2,2-3H3;/b6-5-;. The molecule has 0 saturated carbocycles. The molecular weight excluding hydrogens is 388 g/mol. The molecule has 3 nitrogen and oxygen atoms in total. The summed E-state index contributed by atoms with van der Waals surface area (Å²) in [6.07, 6.45) is 4.00. The van der Waals surface area contributed by atoms with Gasteiger partial charge in [0.15, 0.2) is 0 Å². The zero-order valence-electron chi connectivity index (χ0n) is 9.86. The van der Waals surface area contributed by atoms with Crippen molar-refractivity contribution in [2.24, 2.45) is 0 Å². The van der Waals surface area contributed by atoms with Gasteiger partial charge < -0.3 is 0 Å². The second-order valence-electron chi connectivity index (χ2n) is 3.96. The van der Waals surface area contributed by atoms with E-state index in [0.717, 1.165) is 5.57 Å². The van der Waals surface area contributed by atoms with Crippen molar-refractivity contribution in [1.29, 1.82) is 0 Å². The number of ether oxygens (including phenoxy) is 1. The number of hydrogen-bond donors (Lipinski definition) is 0. The van der Waals surface area contributed by atoms with E-state index in [-0.39, 0.29) is 11.9 Å². The van der Waals surface area contributed by atoms with Crippen LogP contribution in [0.3, 0.4) is 0 Å². The normalized spacial score (nSPS) is 11.2. The van der Waals surface area contributed by atoms with E-state index < -0.39 is 10.9 Å². The summed E-state index contributed by atoms with van der Waals surface area (Å²) in [6, 6.07) is 0. The van der Waals surface area contributed by atoms with Crippen molar-refractivity contribution in [2.75, 3.05) is 0 Å². The molecule has 0 radical (unpaired) electrons. The molecule has 0 saturated heterocycles. The maximum absolute atomic E-state index is 11.4. The van der Waals surface area contributed by atoms with Crippen LogP contribution in [0.5, 0.6) is 5.75 Å². The fraction of sp³-hybridized carbons (Fsp3) is 0.308. The van der Waals surface area contributed by atoms with Crippen molar-refractivity contribution in [3.05, 3.63) is 50.3 Å². The fourth-order valence-electron chi connectivity index (χ4n) is 1.40. The Balaban J connectivity index is 2.85. The van der Waals surface area contributed by atoms with Crippen molar-refractivity contribution in [2.45, 2.75) is 26.4 Å². The van der Waals surface area contributed by atoms with Crippen LogP contribution in [0.25, 0.3) is 0 Å². The van der Waals surface area contributed by atoms with Gasteiger partial charge in [-0.1, -0.05) is 0 Å². The Bertz CT molecular complexity index is 531. The van der Waals surface area contributed by atoms with Gasteiger partial charge in [-0.15, -0.1) is 0 Å². The third-order valence-corrected chi connectivity index (χ3v) is 2.69. The molecule has 0 aromatic heterocycles. The first kappa shape index (κ1) is 14.0. The van der Waals surface area contributed by atoms with Gasteiger partial charge in [-0.05, 0) is 0 Å². The van der Waals surface area contributed by atoms with Gasteiger partial charge >= 0.3 is 111 Å². The Morgan fingerprint density at radius 2 is 2.06 bits per heavy atom. The molecule has 0 atom stereocenters. The van der Waals surface area contributed by atoms with E-state index in [4.69, 9.17) is 4.74 Å². The molecule has 0 N–H and O–H groups in total.